The lowest BCUT2D eigenvalue weighted by Crippen LogP contribution is -2.52. The lowest BCUT2D eigenvalue weighted by molar-refractivity contribution is -0.130. The number of rotatable bonds is 10. The van der Waals surface area contributed by atoms with Crippen LogP contribution in [0.2, 0.25) is 0 Å². The van der Waals surface area contributed by atoms with Gasteiger partial charge in [-0.1, -0.05) is 44.2 Å². The molecule has 0 spiro atoms. The fraction of sp³-hybridized carbons (Fsp3) is 0.652. The second-order valence-corrected chi connectivity index (χ2v) is 8.13. The van der Waals surface area contributed by atoms with Crippen molar-refractivity contribution in [2.45, 2.75) is 39.8 Å². The van der Waals surface area contributed by atoms with Gasteiger partial charge >= 0.3 is 0 Å². The molecule has 1 aliphatic rings. The Balaban J connectivity index is 1.83. The Morgan fingerprint density at radius 1 is 1.20 bits per heavy atom. The monoisotopic (exact) mass is 417 g/mol. The molecule has 1 saturated heterocycles. The Morgan fingerprint density at radius 3 is 2.50 bits per heavy atom. The summed E-state index contributed by atoms with van der Waals surface area (Å²) in [5.74, 6) is 1.35. The van der Waals surface area contributed by atoms with E-state index in [-0.39, 0.29) is 12.5 Å². The van der Waals surface area contributed by atoms with E-state index in [1.165, 1.54) is 0 Å². The van der Waals surface area contributed by atoms with E-state index in [0.717, 1.165) is 44.8 Å². The third-order valence-electron chi connectivity index (χ3n) is 5.39. The summed E-state index contributed by atoms with van der Waals surface area (Å²) in [5.41, 5.74) is 1.14. The number of carbonyl (C=O) groups excluding carboxylic acids is 1. The van der Waals surface area contributed by atoms with Gasteiger partial charge in [-0.25, -0.2) is 0 Å². The number of aliphatic imine (C=N–C) groups is 1. The highest BCUT2D eigenvalue weighted by atomic mass is 16.5. The SMILES string of the molecule is CCN(Cc1ccccc1)C(=O)CNC(=NC)NCC(CC(C)C)N1CCOCC1. The molecule has 0 radical (unpaired) electrons. The van der Waals surface area contributed by atoms with Crippen LogP contribution in [0.1, 0.15) is 32.8 Å². The van der Waals surface area contributed by atoms with Gasteiger partial charge in [-0.05, 0) is 24.8 Å². The molecule has 1 heterocycles. The zero-order chi connectivity index (χ0) is 21.8. The predicted molar refractivity (Wildman–Crippen MR) is 123 cm³/mol. The van der Waals surface area contributed by atoms with Crippen LogP contribution in [0.4, 0.5) is 0 Å². The number of benzene rings is 1. The first-order chi connectivity index (χ1) is 14.5. The summed E-state index contributed by atoms with van der Waals surface area (Å²) >= 11 is 0. The van der Waals surface area contributed by atoms with Crippen molar-refractivity contribution in [3.63, 3.8) is 0 Å². The zero-order valence-corrected chi connectivity index (χ0v) is 19.1. The van der Waals surface area contributed by atoms with Crippen molar-refractivity contribution in [1.82, 2.24) is 20.4 Å². The third kappa shape index (κ3) is 8.32. The molecular formula is C23H39N5O2. The number of amides is 1. The van der Waals surface area contributed by atoms with Gasteiger partial charge in [0.1, 0.15) is 0 Å². The van der Waals surface area contributed by atoms with Crippen molar-refractivity contribution >= 4 is 11.9 Å². The molecular weight excluding hydrogens is 378 g/mol. The number of morpholine rings is 1. The van der Waals surface area contributed by atoms with Crippen LogP contribution in [0.5, 0.6) is 0 Å². The molecule has 7 heteroatoms. The highest BCUT2D eigenvalue weighted by Gasteiger charge is 2.22. The van der Waals surface area contributed by atoms with Crippen molar-refractivity contribution < 1.29 is 9.53 Å². The predicted octanol–water partition coefficient (Wildman–Crippen LogP) is 1.95. The van der Waals surface area contributed by atoms with Crippen molar-refractivity contribution in [1.29, 1.82) is 0 Å². The van der Waals surface area contributed by atoms with Crippen LogP contribution in [0.15, 0.2) is 35.3 Å². The Hall–Kier alpha value is -2.12. The van der Waals surface area contributed by atoms with Crippen molar-refractivity contribution in [3.8, 4) is 0 Å². The molecule has 1 atom stereocenters. The molecule has 1 aromatic rings. The maximum Gasteiger partial charge on any atom is 0.242 e. The lowest BCUT2D eigenvalue weighted by Gasteiger charge is -2.35. The molecule has 168 valence electrons. The molecule has 2 rings (SSSR count). The minimum Gasteiger partial charge on any atom is -0.379 e. The molecule has 1 aliphatic heterocycles. The Bertz CT molecular complexity index is 644. The van der Waals surface area contributed by atoms with E-state index in [9.17, 15) is 4.79 Å². The van der Waals surface area contributed by atoms with E-state index in [0.29, 0.717) is 31.0 Å². The Kier molecular flexibility index (Phi) is 10.7. The van der Waals surface area contributed by atoms with Gasteiger partial charge in [0.05, 0.1) is 19.8 Å². The minimum absolute atomic E-state index is 0.0659. The highest BCUT2D eigenvalue weighted by molar-refractivity contribution is 5.86. The second-order valence-electron chi connectivity index (χ2n) is 8.13. The van der Waals surface area contributed by atoms with E-state index in [4.69, 9.17) is 4.74 Å². The molecule has 1 unspecified atom stereocenters. The standard InChI is InChI=1S/C23H39N5O2/c1-5-27(18-20-9-7-6-8-10-20)22(29)17-26-23(24-4)25-16-21(15-19(2)3)28-11-13-30-14-12-28/h6-10,19,21H,5,11-18H2,1-4H3,(H2,24,25,26). The van der Waals surface area contributed by atoms with Crippen LogP contribution < -0.4 is 10.6 Å². The maximum atomic E-state index is 12.7. The summed E-state index contributed by atoms with van der Waals surface area (Å²) < 4.78 is 5.50. The molecule has 0 aliphatic carbocycles. The summed E-state index contributed by atoms with van der Waals surface area (Å²) in [6, 6.07) is 10.5. The highest BCUT2D eigenvalue weighted by Crippen LogP contribution is 2.13. The van der Waals surface area contributed by atoms with Crippen LogP contribution in [0, 0.1) is 5.92 Å². The van der Waals surface area contributed by atoms with Gasteiger partial charge in [-0.3, -0.25) is 14.7 Å². The summed E-state index contributed by atoms with van der Waals surface area (Å²) in [5, 5.41) is 6.61. The second kappa shape index (κ2) is 13.2. The molecule has 30 heavy (non-hydrogen) atoms. The molecule has 1 aromatic carbocycles. The van der Waals surface area contributed by atoms with E-state index in [1.54, 1.807) is 7.05 Å². The van der Waals surface area contributed by atoms with Crippen LogP contribution in [0.25, 0.3) is 0 Å². The van der Waals surface area contributed by atoms with Crippen LogP contribution in [0.3, 0.4) is 0 Å². The fourth-order valence-electron chi connectivity index (χ4n) is 3.73. The van der Waals surface area contributed by atoms with Crippen molar-refractivity contribution in [3.05, 3.63) is 35.9 Å². The Morgan fingerprint density at radius 2 is 1.90 bits per heavy atom. The first-order valence-corrected chi connectivity index (χ1v) is 11.1. The number of nitrogens with one attached hydrogen (secondary N) is 2. The maximum absolute atomic E-state index is 12.7. The average molecular weight is 418 g/mol. The van der Waals surface area contributed by atoms with E-state index >= 15 is 0 Å². The number of likely N-dealkylation sites (N-methyl/N-ethyl adjacent to an activating group) is 1. The molecule has 2 N–H and O–H groups in total. The number of carbonyl (C=O) groups is 1. The number of nitrogens with zero attached hydrogens (tertiary/aromatic N) is 3. The van der Waals surface area contributed by atoms with E-state index in [1.807, 2.05) is 42.2 Å². The number of guanidine groups is 1. The summed E-state index contributed by atoms with van der Waals surface area (Å²) in [7, 11) is 1.74. The largest absolute Gasteiger partial charge is 0.379 e. The average Bonchev–Trinajstić information content (AvgIpc) is 2.77. The summed E-state index contributed by atoms with van der Waals surface area (Å²) in [6.45, 7) is 12.4. The van der Waals surface area contributed by atoms with Crippen molar-refractivity contribution in [2.24, 2.45) is 10.9 Å². The summed E-state index contributed by atoms with van der Waals surface area (Å²) in [6.07, 6.45) is 1.11. The van der Waals surface area contributed by atoms with Gasteiger partial charge in [0, 0.05) is 45.8 Å². The van der Waals surface area contributed by atoms with E-state index in [2.05, 4.69) is 34.4 Å². The molecule has 7 nitrogen and oxygen atoms in total. The van der Waals surface area contributed by atoms with Crippen LogP contribution in [-0.2, 0) is 16.1 Å². The van der Waals surface area contributed by atoms with Crippen LogP contribution in [-0.4, -0.2) is 80.7 Å². The third-order valence-corrected chi connectivity index (χ3v) is 5.39. The fourth-order valence-corrected chi connectivity index (χ4v) is 3.73. The number of hydrogen-bond acceptors (Lipinski definition) is 4. The normalized spacial score (nSPS) is 16.4. The summed E-state index contributed by atoms with van der Waals surface area (Å²) in [4.78, 5) is 21.3. The number of hydrogen-bond donors (Lipinski definition) is 2. The first kappa shape index (κ1) is 24.2. The first-order valence-electron chi connectivity index (χ1n) is 11.1. The Labute approximate surface area is 181 Å². The topological polar surface area (TPSA) is 69.2 Å². The zero-order valence-electron chi connectivity index (χ0n) is 19.1. The molecule has 0 saturated carbocycles. The minimum atomic E-state index is 0.0659. The van der Waals surface area contributed by atoms with Gasteiger partial charge in [0.2, 0.25) is 5.91 Å². The van der Waals surface area contributed by atoms with Gasteiger partial charge in [0.25, 0.3) is 0 Å². The molecule has 1 amide bonds. The molecule has 0 bridgehead atoms. The lowest BCUT2D eigenvalue weighted by atomic mass is 10.0. The van der Waals surface area contributed by atoms with Gasteiger partial charge in [0.15, 0.2) is 5.96 Å². The quantitative estimate of drug-likeness (QED) is 0.450. The van der Waals surface area contributed by atoms with Gasteiger partial charge in [-0.2, -0.15) is 0 Å². The molecule has 0 aromatic heterocycles. The van der Waals surface area contributed by atoms with E-state index < -0.39 is 0 Å². The van der Waals surface area contributed by atoms with Crippen LogP contribution >= 0.6 is 0 Å². The van der Waals surface area contributed by atoms with Gasteiger partial charge in [-0.15, -0.1) is 0 Å². The molecule has 1 fully saturated rings. The number of ether oxygens (including phenoxy) is 1. The van der Waals surface area contributed by atoms with Crippen molar-refractivity contribution in [2.75, 3.05) is 53.0 Å². The van der Waals surface area contributed by atoms with Gasteiger partial charge < -0.3 is 20.3 Å². The smallest absolute Gasteiger partial charge is 0.242 e.